The first kappa shape index (κ1) is 13.8. The second kappa shape index (κ2) is 5.76. The lowest BCUT2D eigenvalue weighted by Gasteiger charge is -2.40. The third-order valence-corrected chi connectivity index (χ3v) is 5.40. The summed E-state index contributed by atoms with van der Waals surface area (Å²) in [4.78, 5) is 16.8. The molecule has 4 rings (SSSR count). The highest BCUT2D eigenvalue weighted by molar-refractivity contribution is 5.75. The number of rotatable bonds is 3. The maximum atomic E-state index is 12.7. The van der Waals surface area contributed by atoms with Crippen molar-refractivity contribution in [3.8, 4) is 0 Å². The Balaban J connectivity index is 1.38. The maximum Gasteiger partial charge on any atom is 0.320 e. The molecule has 2 heterocycles. The zero-order valence-electron chi connectivity index (χ0n) is 12.7. The molecular weight excluding hydrogens is 268 g/mol. The Bertz CT molecular complexity index is 393. The molecule has 21 heavy (non-hydrogen) atoms. The van der Waals surface area contributed by atoms with Crippen molar-refractivity contribution in [3.05, 3.63) is 0 Å². The van der Waals surface area contributed by atoms with E-state index in [2.05, 4.69) is 4.90 Å². The number of hydrogen-bond acceptors (Lipinski definition) is 3. The largest absolute Gasteiger partial charge is 0.375 e. The van der Waals surface area contributed by atoms with Gasteiger partial charge in [-0.15, -0.1) is 0 Å². The zero-order chi connectivity index (χ0) is 14.2. The van der Waals surface area contributed by atoms with Gasteiger partial charge in [-0.2, -0.15) is 0 Å². The van der Waals surface area contributed by atoms with Crippen LogP contribution in [0.25, 0.3) is 0 Å². The molecule has 0 spiro atoms. The Morgan fingerprint density at radius 1 is 1.10 bits per heavy atom. The topological polar surface area (TPSA) is 42.0 Å². The van der Waals surface area contributed by atoms with E-state index >= 15 is 0 Å². The van der Waals surface area contributed by atoms with Crippen LogP contribution >= 0.6 is 0 Å². The quantitative estimate of drug-likeness (QED) is 0.798. The summed E-state index contributed by atoms with van der Waals surface area (Å²) in [6, 6.07) is 0.463. The van der Waals surface area contributed by atoms with Crippen LogP contribution < -0.4 is 0 Å². The average Bonchev–Trinajstić information content (AvgIpc) is 3.03. The molecule has 2 aliphatic heterocycles. The highest BCUT2D eigenvalue weighted by Crippen LogP contribution is 2.35. The highest BCUT2D eigenvalue weighted by Gasteiger charge is 2.46. The number of nitrogens with zero attached hydrogens (tertiary/aromatic N) is 2. The van der Waals surface area contributed by atoms with Gasteiger partial charge in [-0.1, -0.05) is 0 Å². The summed E-state index contributed by atoms with van der Waals surface area (Å²) in [5.74, 6) is 0.787. The summed E-state index contributed by atoms with van der Waals surface area (Å²) in [7, 11) is 0. The minimum absolute atomic E-state index is 0.101. The lowest BCUT2D eigenvalue weighted by molar-refractivity contribution is -0.106. The van der Waals surface area contributed by atoms with Crippen LogP contribution in [-0.2, 0) is 9.47 Å². The van der Waals surface area contributed by atoms with Crippen LogP contribution in [0.1, 0.15) is 38.5 Å². The van der Waals surface area contributed by atoms with Crippen LogP contribution in [0.5, 0.6) is 0 Å². The molecule has 118 valence electrons. The van der Waals surface area contributed by atoms with Crippen molar-refractivity contribution >= 4 is 6.03 Å². The van der Waals surface area contributed by atoms with Gasteiger partial charge in [0.2, 0.25) is 0 Å². The first-order valence-corrected chi connectivity index (χ1v) is 8.61. The Morgan fingerprint density at radius 2 is 1.90 bits per heavy atom. The van der Waals surface area contributed by atoms with Gasteiger partial charge in [0.15, 0.2) is 0 Å². The van der Waals surface area contributed by atoms with Crippen LogP contribution in [0.2, 0.25) is 0 Å². The van der Waals surface area contributed by atoms with E-state index in [4.69, 9.17) is 9.47 Å². The Labute approximate surface area is 126 Å². The number of carbonyl (C=O) groups is 1. The van der Waals surface area contributed by atoms with Gasteiger partial charge in [0.25, 0.3) is 0 Å². The number of morpholine rings is 1. The summed E-state index contributed by atoms with van der Waals surface area (Å²) in [6.07, 6.45) is 7.30. The van der Waals surface area contributed by atoms with E-state index in [1.807, 2.05) is 4.90 Å². The molecule has 0 radical (unpaired) electrons. The molecular formula is C16H26N2O3. The first-order chi connectivity index (χ1) is 10.3. The van der Waals surface area contributed by atoms with Gasteiger partial charge < -0.3 is 19.3 Å². The van der Waals surface area contributed by atoms with Crippen molar-refractivity contribution in [3.63, 3.8) is 0 Å². The summed E-state index contributed by atoms with van der Waals surface area (Å²) in [6.45, 7) is 4.14. The average molecular weight is 294 g/mol. The fraction of sp³-hybridized carbons (Fsp3) is 0.938. The van der Waals surface area contributed by atoms with E-state index < -0.39 is 0 Å². The molecule has 0 N–H and O–H groups in total. The molecule has 5 heteroatoms. The van der Waals surface area contributed by atoms with E-state index in [1.165, 1.54) is 12.8 Å². The number of amides is 2. The molecule has 3 atom stereocenters. The number of ether oxygens (including phenoxy) is 2. The van der Waals surface area contributed by atoms with E-state index in [0.717, 1.165) is 57.8 Å². The van der Waals surface area contributed by atoms with Crippen LogP contribution in [0.3, 0.4) is 0 Å². The number of hydrogen-bond donors (Lipinski definition) is 0. The summed E-state index contributed by atoms with van der Waals surface area (Å²) >= 11 is 0. The van der Waals surface area contributed by atoms with Gasteiger partial charge >= 0.3 is 6.03 Å². The Kier molecular flexibility index (Phi) is 3.79. The van der Waals surface area contributed by atoms with Crippen LogP contribution in [0, 0.1) is 5.92 Å². The summed E-state index contributed by atoms with van der Waals surface area (Å²) in [5.41, 5.74) is 0. The number of urea groups is 1. The molecule has 0 bridgehead atoms. The van der Waals surface area contributed by atoms with Gasteiger partial charge in [0, 0.05) is 26.2 Å². The molecule has 0 aromatic rings. The molecule has 0 unspecified atom stereocenters. The third kappa shape index (κ3) is 2.78. The van der Waals surface area contributed by atoms with Crippen molar-refractivity contribution < 1.29 is 14.3 Å². The molecule has 2 aliphatic carbocycles. The Morgan fingerprint density at radius 3 is 2.67 bits per heavy atom. The van der Waals surface area contributed by atoms with Crippen molar-refractivity contribution in [2.45, 2.75) is 56.8 Å². The lowest BCUT2D eigenvalue weighted by atomic mass is 10.1. The molecule has 0 aromatic carbocycles. The van der Waals surface area contributed by atoms with Crippen LogP contribution in [-0.4, -0.2) is 66.9 Å². The van der Waals surface area contributed by atoms with Gasteiger partial charge in [0.05, 0.1) is 18.8 Å². The number of fused-ring (bicyclic) bond motifs is 1. The second-order valence-electron chi connectivity index (χ2n) is 6.97. The van der Waals surface area contributed by atoms with Crippen LogP contribution in [0.15, 0.2) is 0 Å². The molecule has 4 aliphatic rings. The van der Waals surface area contributed by atoms with Crippen molar-refractivity contribution in [2.75, 3.05) is 32.8 Å². The predicted molar refractivity (Wildman–Crippen MR) is 78.1 cm³/mol. The number of carbonyl (C=O) groups excluding carboxylic acids is 1. The normalized spacial score (nSPS) is 36.1. The van der Waals surface area contributed by atoms with E-state index in [1.54, 1.807) is 0 Å². The van der Waals surface area contributed by atoms with Crippen molar-refractivity contribution in [1.29, 1.82) is 0 Å². The molecule has 4 fully saturated rings. The Hall–Kier alpha value is -0.810. The molecule has 0 aromatic heterocycles. The standard InChI is InChI=1S/C16H26N2O3/c19-16(17-7-1-2-8-17)18-9-10-20-15-13(18)5-6-14(15)21-11-12-3-4-12/h12-15H,1-11H2/t13-,14-,15+/m1/s1. The minimum Gasteiger partial charge on any atom is -0.375 e. The number of likely N-dealkylation sites (tertiary alicyclic amines) is 1. The fourth-order valence-electron chi connectivity index (χ4n) is 3.97. The third-order valence-electron chi connectivity index (χ3n) is 5.40. The van der Waals surface area contributed by atoms with Gasteiger partial charge in [-0.25, -0.2) is 4.79 Å². The summed E-state index contributed by atoms with van der Waals surface area (Å²) < 4.78 is 12.0. The predicted octanol–water partition coefficient (Wildman–Crippen LogP) is 1.86. The minimum atomic E-state index is 0.101. The highest BCUT2D eigenvalue weighted by atomic mass is 16.5. The molecule has 5 nitrogen and oxygen atoms in total. The fourth-order valence-corrected chi connectivity index (χ4v) is 3.97. The smallest absolute Gasteiger partial charge is 0.320 e. The molecule has 2 saturated heterocycles. The zero-order valence-corrected chi connectivity index (χ0v) is 12.7. The first-order valence-electron chi connectivity index (χ1n) is 8.61. The van der Waals surface area contributed by atoms with Gasteiger partial charge in [-0.3, -0.25) is 0 Å². The lowest BCUT2D eigenvalue weighted by Crippen LogP contribution is -2.56. The van der Waals surface area contributed by atoms with Gasteiger partial charge in [-0.05, 0) is 44.4 Å². The van der Waals surface area contributed by atoms with Gasteiger partial charge in [0.1, 0.15) is 6.10 Å². The van der Waals surface area contributed by atoms with Crippen molar-refractivity contribution in [1.82, 2.24) is 9.80 Å². The monoisotopic (exact) mass is 294 g/mol. The van der Waals surface area contributed by atoms with E-state index in [-0.39, 0.29) is 24.3 Å². The molecule has 2 saturated carbocycles. The SMILES string of the molecule is O=C(N1CCCC1)N1CCO[C@H]2[C@H]1CC[C@H]2OCC1CC1. The molecule has 2 amide bonds. The van der Waals surface area contributed by atoms with E-state index in [0.29, 0.717) is 6.61 Å². The summed E-state index contributed by atoms with van der Waals surface area (Å²) in [5, 5.41) is 0. The second-order valence-corrected chi connectivity index (χ2v) is 6.97. The van der Waals surface area contributed by atoms with Crippen molar-refractivity contribution in [2.24, 2.45) is 5.92 Å². The maximum absolute atomic E-state index is 12.7. The van der Waals surface area contributed by atoms with Crippen LogP contribution in [0.4, 0.5) is 4.79 Å². The van der Waals surface area contributed by atoms with E-state index in [9.17, 15) is 4.79 Å².